The fourth-order valence-electron chi connectivity index (χ4n) is 1.59. The molecule has 20 heavy (non-hydrogen) atoms. The average molecular weight is 303 g/mol. The molecular formula is C12H19ClN4O3. The highest BCUT2D eigenvalue weighted by molar-refractivity contribution is 6.28. The molecule has 0 aliphatic carbocycles. The van der Waals surface area contributed by atoms with Crippen molar-refractivity contribution in [3.05, 3.63) is 5.28 Å². The van der Waals surface area contributed by atoms with Crippen molar-refractivity contribution in [1.82, 2.24) is 15.0 Å². The van der Waals surface area contributed by atoms with Crippen LogP contribution in [0, 0.1) is 5.41 Å². The van der Waals surface area contributed by atoms with Crippen LogP contribution < -0.4 is 10.1 Å². The quantitative estimate of drug-likeness (QED) is 0.760. The largest absolute Gasteiger partial charge is 0.481 e. The van der Waals surface area contributed by atoms with Gasteiger partial charge in [0.05, 0.1) is 7.11 Å². The summed E-state index contributed by atoms with van der Waals surface area (Å²) in [7, 11) is 1.45. The first-order chi connectivity index (χ1) is 9.32. The minimum absolute atomic E-state index is 0.0597. The lowest BCUT2D eigenvalue weighted by atomic mass is 9.84. The number of methoxy groups -OCH3 is 1. The van der Waals surface area contributed by atoms with E-state index in [1.807, 2.05) is 13.8 Å². The van der Waals surface area contributed by atoms with Crippen LogP contribution in [0.15, 0.2) is 0 Å². The molecule has 0 fully saturated rings. The number of carbonyl (C=O) groups is 1. The normalized spacial score (nSPS) is 11.2. The number of ether oxygens (including phenoxy) is 1. The molecule has 0 spiro atoms. The number of carboxylic acid groups (broad SMARTS) is 1. The Labute approximate surface area is 122 Å². The van der Waals surface area contributed by atoms with E-state index in [9.17, 15) is 4.79 Å². The standard InChI is InChI=1S/C12H19ClN4O3/c1-12(2,5-4-8(18)19)6-7-14-10-15-9(13)16-11(17-10)20-3/h4-7H2,1-3H3,(H,18,19)(H,14,15,16,17). The third kappa shape index (κ3) is 6.01. The topological polar surface area (TPSA) is 97.2 Å². The van der Waals surface area contributed by atoms with E-state index >= 15 is 0 Å². The molecule has 8 heteroatoms. The molecule has 0 atom stereocenters. The van der Waals surface area contributed by atoms with Crippen molar-refractivity contribution in [2.75, 3.05) is 19.0 Å². The van der Waals surface area contributed by atoms with E-state index in [0.29, 0.717) is 18.9 Å². The van der Waals surface area contributed by atoms with Gasteiger partial charge in [0.25, 0.3) is 0 Å². The van der Waals surface area contributed by atoms with Gasteiger partial charge in [-0.2, -0.15) is 15.0 Å². The van der Waals surface area contributed by atoms with Crippen LogP contribution in [0.1, 0.15) is 33.1 Å². The fraction of sp³-hybridized carbons (Fsp3) is 0.667. The Bertz CT molecular complexity index is 468. The molecule has 0 amide bonds. The molecule has 1 heterocycles. The van der Waals surface area contributed by atoms with Crippen molar-refractivity contribution in [1.29, 1.82) is 0 Å². The van der Waals surface area contributed by atoms with Crippen LogP contribution in [-0.2, 0) is 4.79 Å². The third-order valence-corrected chi connectivity index (χ3v) is 3.04. The molecule has 0 saturated heterocycles. The minimum Gasteiger partial charge on any atom is -0.481 e. The highest BCUT2D eigenvalue weighted by Gasteiger charge is 2.19. The van der Waals surface area contributed by atoms with Crippen LogP contribution in [0.2, 0.25) is 5.28 Å². The van der Waals surface area contributed by atoms with Crippen molar-refractivity contribution in [2.45, 2.75) is 33.1 Å². The Morgan fingerprint density at radius 3 is 2.65 bits per heavy atom. The van der Waals surface area contributed by atoms with E-state index < -0.39 is 5.97 Å². The summed E-state index contributed by atoms with van der Waals surface area (Å²) in [6.45, 7) is 4.66. The lowest BCUT2D eigenvalue weighted by Crippen LogP contribution is -2.19. The van der Waals surface area contributed by atoms with Crippen molar-refractivity contribution in [2.24, 2.45) is 5.41 Å². The minimum atomic E-state index is -0.778. The van der Waals surface area contributed by atoms with Gasteiger partial charge in [0.2, 0.25) is 11.2 Å². The van der Waals surface area contributed by atoms with Gasteiger partial charge in [-0.1, -0.05) is 13.8 Å². The smallest absolute Gasteiger partial charge is 0.322 e. The second-order valence-corrected chi connectivity index (χ2v) is 5.49. The highest BCUT2D eigenvalue weighted by Crippen LogP contribution is 2.26. The molecule has 1 rings (SSSR count). The van der Waals surface area contributed by atoms with Crippen LogP contribution in [0.4, 0.5) is 5.95 Å². The number of carboxylic acids is 1. The summed E-state index contributed by atoms with van der Waals surface area (Å²) in [6, 6.07) is 0.151. The Morgan fingerprint density at radius 2 is 2.05 bits per heavy atom. The first-order valence-corrected chi connectivity index (χ1v) is 6.61. The number of nitrogens with one attached hydrogen (secondary N) is 1. The van der Waals surface area contributed by atoms with Gasteiger partial charge in [-0.15, -0.1) is 0 Å². The summed E-state index contributed by atoms with van der Waals surface area (Å²) in [5.74, 6) is -0.434. The number of aromatic nitrogens is 3. The zero-order valence-corrected chi connectivity index (χ0v) is 12.6. The van der Waals surface area contributed by atoms with Crippen LogP contribution >= 0.6 is 11.6 Å². The lowest BCUT2D eigenvalue weighted by molar-refractivity contribution is -0.137. The third-order valence-electron chi connectivity index (χ3n) is 2.87. The number of anilines is 1. The molecule has 7 nitrogen and oxygen atoms in total. The first kappa shape index (κ1) is 16.4. The highest BCUT2D eigenvalue weighted by atomic mass is 35.5. The molecule has 0 aliphatic heterocycles. The first-order valence-electron chi connectivity index (χ1n) is 6.23. The van der Waals surface area contributed by atoms with Gasteiger partial charge in [0.1, 0.15) is 0 Å². The van der Waals surface area contributed by atoms with E-state index in [1.165, 1.54) is 7.11 Å². The fourth-order valence-corrected chi connectivity index (χ4v) is 1.74. The Hall–Kier alpha value is -1.63. The molecule has 0 aliphatic rings. The lowest BCUT2D eigenvalue weighted by Gasteiger charge is -2.23. The summed E-state index contributed by atoms with van der Waals surface area (Å²) in [6.07, 6.45) is 1.57. The second-order valence-electron chi connectivity index (χ2n) is 5.15. The molecular weight excluding hydrogens is 284 g/mol. The van der Waals surface area contributed by atoms with Crippen LogP contribution in [0.5, 0.6) is 6.01 Å². The van der Waals surface area contributed by atoms with Crippen LogP contribution in [-0.4, -0.2) is 39.7 Å². The predicted molar refractivity (Wildman–Crippen MR) is 75.1 cm³/mol. The van der Waals surface area contributed by atoms with Crippen LogP contribution in [0.25, 0.3) is 0 Å². The van der Waals surface area contributed by atoms with E-state index in [4.69, 9.17) is 21.4 Å². The maximum atomic E-state index is 10.6. The number of hydrogen-bond acceptors (Lipinski definition) is 6. The number of aliphatic carboxylic acids is 1. The summed E-state index contributed by atoms with van der Waals surface area (Å²) in [5.41, 5.74) is -0.0771. The van der Waals surface area contributed by atoms with E-state index in [-0.39, 0.29) is 23.1 Å². The van der Waals surface area contributed by atoms with Gasteiger partial charge in [-0.05, 0) is 29.9 Å². The SMILES string of the molecule is COc1nc(Cl)nc(NCCC(C)(C)CCC(=O)O)n1. The van der Waals surface area contributed by atoms with E-state index in [1.54, 1.807) is 0 Å². The summed E-state index contributed by atoms with van der Waals surface area (Å²) in [4.78, 5) is 22.3. The van der Waals surface area contributed by atoms with Gasteiger partial charge >= 0.3 is 12.0 Å². The predicted octanol–water partition coefficient (Wildman–Crippen LogP) is 2.23. The second kappa shape index (κ2) is 7.23. The molecule has 0 unspecified atom stereocenters. The Morgan fingerprint density at radius 1 is 1.35 bits per heavy atom. The summed E-state index contributed by atoms with van der Waals surface area (Å²) in [5, 5.41) is 11.8. The summed E-state index contributed by atoms with van der Waals surface area (Å²) >= 11 is 5.73. The maximum absolute atomic E-state index is 10.6. The summed E-state index contributed by atoms with van der Waals surface area (Å²) < 4.78 is 4.90. The van der Waals surface area contributed by atoms with Crippen molar-refractivity contribution in [3.63, 3.8) is 0 Å². The molecule has 112 valence electrons. The van der Waals surface area contributed by atoms with Gasteiger partial charge in [-0.3, -0.25) is 4.79 Å². The Balaban J connectivity index is 2.47. The number of halogens is 1. The van der Waals surface area contributed by atoms with Gasteiger partial charge in [0, 0.05) is 13.0 Å². The molecule has 0 aromatic carbocycles. The molecule has 2 N–H and O–H groups in total. The molecule has 0 radical (unpaired) electrons. The maximum Gasteiger partial charge on any atom is 0.322 e. The zero-order valence-electron chi connectivity index (χ0n) is 11.8. The van der Waals surface area contributed by atoms with E-state index in [2.05, 4.69) is 20.3 Å². The number of nitrogens with zero attached hydrogens (tertiary/aromatic N) is 3. The van der Waals surface area contributed by atoms with Gasteiger partial charge in [0.15, 0.2) is 0 Å². The molecule has 0 saturated carbocycles. The average Bonchev–Trinajstić information content (AvgIpc) is 2.35. The molecule has 0 bridgehead atoms. The zero-order chi connectivity index (χ0) is 15.2. The van der Waals surface area contributed by atoms with Gasteiger partial charge in [-0.25, -0.2) is 0 Å². The molecule has 1 aromatic rings. The number of rotatable bonds is 8. The monoisotopic (exact) mass is 302 g/mol. The van der Waals surface area contributed by atoms with Crippen molar-refractivity contribution in [3.8, 4) is 6.01 Å². The molecule has 1 aromatic heterocycles. The van der Waals surface area contributed by atoms with Crippen molar-refractivity contribution >= 4 is 23.5 Å². The number of hydrogen-bond donors (Lipinski definition) is 2. The van der Waals surface area contributed by atoms with Gasteiger partial charge < -0.3 is 15.2 Å². The van der Waals surface area contributed by atoms with E-state index in [0.717, 1.165) is 6.42 Å². The Kier molecular flexibility index (Phi) is 5.94. The van der Waals surface area contributed by atoms with Crippen molar-refractivity contribution < 1.29 is 14.6 Å². The van der Waals surface area contributed by atoms with Crippen LogP contribution in [0.3, 0.4) is 0 Å².